The normalized spacial score (nSPS) is 19.8. The number of benzene rings is 2. The van der Waals surface area contributed by atoms with E-state index in [0.29, 0.717) is 5.69 Å². The summed E-state index contributed by atoms with van der Waals surface area (Å²) in [5, 5.41) is 54.4. The maximum Gasteiger partial charge on any atom is 0.159 e. The van der Waals surface area contributed by atoms with E-state index >= 15 is 0 Å². The number of rotatable bonds is 3. The lowest BCUT2D eigenvalue weighted by Gasteiger charge is -2.26. The molecule has 0 amide bonds. The molecule has 0 fully saturated rings. The highest BCUT2D eigenvalue weighted by atomic mass is 16.3. The molecule has 1 aliphatic rings. The Morgan fingerprint density at radius 2 is 1.58 bits per heavy atom. The Morgan fingerprint density at radius 3 is 2.12 bits per heavy atom. The summed E-state index contributed by atoms with van der Waals surface area (Å²) < 4.78 is 0. The van der Waals surface area contributed by atoms with Crippen molar-refractivity contribution in [3.05, 3.63) is 65.2 Å². The number of anilines is 1. The van der Waals surface area contributed by atoms with Gasteiger partial charge in [0.2, 0.25) is 0 Å². The second-order valence-electron chi connectivity index (χ2n) is 5.73. The fourth-order valence-electron chi connectivity index (χ4n) is 2.89. The zero-order valence-corrected chi connectivity index (χ0v) is 13.5. The standard InChI is InChI=1S/C19H13N5O2/c20-9-12-6-13(10-21)8-14(7-12)18(25)17-16(11-22)23-24(19(17)26)15-4-2-1-3-5-15/h1-8,17-19,25-26H. The van der Waals surface area contributed by atoms with E-state index in [4.69, 9.17) is 10.5 Å². The van der Waals surface area contributed by atoms with Gasteiger partial charge in [-0.2, -0.15) is 20.9 Å². The van der Waals surface area contributed by atoms with E-state index in [1.807, 2.05) is 24.3 Å². The molecule has 3 unspecified atom stereocenters. The molecule has 0 saturated heterocycles. The summed E-state index contributed by atoms with van der Waals surface area (Å²) >= 11 is 0. The Bertz CT molecular complexity index is 949. The average Bonchev–Trinajstić information content (AvgIpc) is 3.03. The zero-order chi connectivity index (χ0) is 18.7. The maximum atomic E-state index is 10.8. The number of nitrogens with zero attached hydrogens (tertiary/aromatic N) is 5. The van der Waals surface area contributed by atoms with E-state index in [-0.39, 0.29) is 22.4 Å². The van der Waals surface area contributed by atoms with Crippen LogP contribution in [-0.2, 0) is 0 Å². The van der Waals surface area contributed by atoms with Crippen LogP contribution < -0.4 is 5.01 Å². The van der Waals surface area contributed by atoms with Gasteiger partial charge in [0.1, 0.15) is 11.8 Å². The van der Waals surface area contributed by atoms with Crippen molar-refractivity contribution in [2.45, 2.75) is 12.3 Å². The summed E-state index contributed by atoms with van der Waals surface area (Å²) in [7, 11) is 0. The predicted molar refractivity (Wildman–Crippen MR) is 92.3 cm³/mol. The molecule has 0 aliphatic carbocycles. The van der Waals surface area contributed by atoms with Gasteiger partial charge in [0.05, 0.1) is 41.0 Å². The quantitative estimate of drug-likeness (QED) is 0.874. The van der Waals surface area contributed by atoms with Gasteiger partial charge in [-0.05, 0) is 35.9 Å². The number of nitriles is 3. The van der Waals surface area contributed by atoms with Gasteiger partial charge in [0, 0.05) is 0 Å². The van der Waals surface area contributed by atoms with Crippen LogP contribution in [0.1, 0.15) is 22.8 Å². The first-order chi connectivity index (χ1) is 12.6. The smallest absolute Gasteiger partial charge is 0.159 e. The zero-order valence-electron chi connectivity index (χ0n) is 13.5. The van der Waals surface area contributed by atoms with Crippen LogP contribution >= 0.6 is 0 Å². The van der Waals surface area contributed by atoms with Gasteiger partial charge in [-0.15, -0.1) is 0 Å². The van der Waals surface area contributed by atoms with Crippen LogP contribution in [0, 0.1) is 39.9 Å². The molecule has 0 radical (unpaired) electrons. The van der Waals surface area contributed by atoms with Crippen molar-refractivity contribution in [2.75, 3.05) is 5.01 Å². The highest BCUT2D eigenvalue weighted by molar-refractivity contribution is 6.03. The molecule has 126 valence electrons. The van der Waals surface area contributed by atoms with E-state index in [2.05, 4.69) is 5.10 Å². The Morgan fingerprint density at radius 1 is 0.962 bits per heavy atom. The number of aliphatic hydroxyl groups is 2. The molecule has 26 heavy (non-hydrogen) atoms. The van der Waals surface area contributed by atoms with Gasteiger partial charge in [-0.1, -0.05) is 18.2 Å². The van der Waals surface area contributed by atoms with Crippen molar-refractivity contribution in [2.24, 2.45) is 11.0 Å². The molecule has 1 heterocycles. The van der Waals surface area contributed by atoms with Crippen LogP contribution in [0.4, 0.5) is 5.69 Å². The van der Waals surface area contributed by atoms with Gasteiger partial charge in [-0.25, -0.2) is 5.01 Å². The van der Waals surface area contributed by atoms with Crippen LogP contribution in [0.25, 0.3) is 0 Å². The SMILES string of the molecule is N#CC1=NN(c2ccccc2)C(O)C1C(O)c1cc(C#N)cc(C#N)c1. The molecule has 0 bridgehead atoms. The van der Waals surface area contributed by atoms with Crippen LogP contribution in [0.2, 0.25) is 0 Å². The first kappa shape index (κ1) is 17.1. The molecule has 0 spiro atoms. The number of hydrogen-bond donors (Lipinski definition) is 2. The maximum absolute atomic E-state index is 10.8. The lowest BCUT2D eigenvalue weighted by molar-refractivity contribution is 0.0534. The molecule has 2 aromatic carbocycles. The van der Waals surface area contributed by atoms with Crippen molar-refractivity contribution in [3.63, 3.8) is 0 Å². The Hall–Kier alpha value is -3.70. The molecule has 2 aromatic rings. The molecule has 7 nitrogen and oxygen atoms in total. The third-order valence-electron chi connectivity index (χ3n) is 4.13. The van der Waals surface area contributed by atoms with Crippen molar-refractivity contribution < 1.29 is 10.2 Å². The lowest BCUT2D eigenvalue weighted by atomic mass is 9.89. The molecule has 3 rings (SSSR count). The minimum absolute atomic E-state index is 0.0327. The van der Waals surface area contributed by atoms with Crippen molar-refractivity contribution >= 4 is 11.4 Å². The van der Waals surface area contributed by atoms with E-state index < -0.39 is 18.2 Å². The van der Waals surface area contributed by atoms with Crippen molar-refractivity contribution in [1.82, 2.24) is 0 Å². The van der Waals surface area contributed by atoms with Crippen molar-refractivity contribution in [1.29, 1.82) is 15.8 Å². The van der Waals surface area contributed by atoms with Gasteiger partial charge in [-0.3, -0.25) is 0 Å². The van der Waals surface area contributed by atoms with Crippen LogP contribution in [-0.4, -0.2) is 22.2 Å². The highest BCUT2D eigenvalue weighted by Gasteiger charge is 2.42. The molecule has 7 heteroatoms. The minimum atomic E-state index is -1.31. The van der Waals surface area contributed by atoms with Gasteiger partial charge in [0.15, 0.2) is 6.23 Å². The molecule has 1 aliphatic heterocycles. The molecular weight excluding hydrogens is 330 g/mol. The van der Waals surface area contributed by atoms with E-state index in [1.54, 1.807) is 24.3 Å². The van der Waals surface area contributed by atoms with Crippen LogP contribution in [0.3, 0.4) is 0 Å². The van der Waals surface area contributed by atoms with E-state index in [0.717, 1.165) is 0 Å². The summed E-state index contributed by atoms with van der Waals surface area (Å²) in [4.78, 5) is 0. The first-order valence-corrected chi connectivity index (χ1v) is 7.73. The largest absolute Gasteiger partial charge is 0.388 e. The summed E-state index contributed by atoms with van der Waals surface area (Å²) in [6.45, 7) is 0. The minimum Gasteiger partial charge on any atom is -0.388 e. The Kier molecular flexibility index (Phi) is 4.64. The summed E-state index contributed by atoms with van der Waals surface area (Å²) in [5.74, 6) is -1.01. The van der Waals surface area contributed by atoms with Crippen LogP contribution in [0.5, 0.6) is 0 Å². The second kappa shape index (κ2) is 7.04. The van der Waals surface area contributed by atoms with Crippen LogP contribution in [0.15, 0.2) is 53.6 Å². The van der Waals surface area contributed by atoms with Crippen molar-refractivity contribution in [3.8, 4) is 18.2 Å². The fourth-order valence-corrected chi connectivity index (χ4v) is 2.89. The van der Waals surface area contributed by atoms with E-state index in [9.17, 15) is 15.5 Å². The number of para-hydroxylation sites is 1. The topological polar surface area (TPSA) is 127 Å². The van der Waals surface area contributed by atoms with E-state index in [1.165, 1.54) is 23.2 Å². The third-order valence-corrected chi connectivity index (χ3v) is 4.13. The fraction of sp³-hybridized carbons (Fsp3) is 0.158. The first-order valence-electron chi connectivity index (χ1n) is 7.73. The number of aliphatic hydroxyl groups excluding tert-OH is 2. The second-order valence-corrected chi connectivity index (χ2v) is 5.73. The summed E-state index contributed by atoms with van der Waals surface area (Å²) in [6.07, 6.45) is -2.57. The predicted octanol–water partition coefficient (Wildman–Crippen LogP) is 1.80. The number of hydrogen-bond acceptors (Lipinski definition) is 7. The summed E-state index contributed by atoms with van der Waals surface area (Å²) in [5.41, 5.74) is 1.23. The number of hydrazone groups is 1. The Labute approximate surface area is 149 Å². The highest BCUT2D eigenvalue weighted by Crippen LogP contribution is 2.35. The summed E-state index contributed by atoms with van der Waals surface area (Å²) in [6, 6.07) is 18.8. The monoisotopic (exact) mass is 343 g/mol. The van der Waals surface area contributed by atoms with Gasteiger partial charge >= 0.3 is 0 Å². The molecule has 3 atom stereocenters. The molecule has 2 N–H and O–H groups in total. The lowest BCUT2D eigenvalue weighted by Crippen LogP contribution is -2.36. The molecule has 0 saturated carbocycles. The molecule has 0 aromatic heterocycles. The van der Waals surface area contributed by atoms with Gasteiger partial charge in [0.25, 0.3) is 0 Å². The average molecular weight is 343 g/mol. The van der Waals surface area contributed by atoms with Gasteiger partial charge < -0.3 is 10.2 Å². The Balaban J connectivity index is 1.99. The third kappa shape index (κ3) is 2.99. The molecular formula is C19H13N5O2.